The van der Waals surface area contributed by atoms with Crippen LogP contribution in [-0.2, 0) is 4.74 Å². The number of rotatable bonds is 34. The quantitative estimate of drug-likeness (QED) is 0.0780. The Morgan fingerprint density at radius 3 is 1.10 bits per heavy atom. The van der Waals surface area contributed by atoms with Crippen LogP contribution in [0.25, 0.3) is 0 Å². The normalized spacial score (nSPS) is 13.2. The van der Waals surface area contributed by atoms with Crippen molar-refractivity contribution >= 4 is 11.8 Å². The third-order valence-corrected chi connectivity index (χ3v) is 9.11. The van der Waals surface area contributed by atoms with E-state index in [1.807, 2.05) is 0 Å². The molecule has 2 nitrogen and oxygen atoms in total. The summed E-state index contributed by atoms with van der Waals surface area (Å²) in [5.41, 5.74) is 0. The second-order valence-corrected chi connectivity index (χ2v) is 13.3. The van der Waals surface area contributed by atoms with Gasteiger partial charge >= 0.3 is 0 Å². The van der Waals surface area contributed by atoms with Crippen LogP contribution in [0.3, 0.4) is 0 Å². The molecular formula is C36H74O2S. The van der Waals surface area contributed by atoms with E-state index >= 15 is 0 Å². The maximum absolute atomic E-state index is 10.7. The van der Waals surface area contributed by atoms with Crippen molar-refractivity contribution in [2.45, 2.75) is 212 Å². The Bertz CT molecular complexity index is 430. The lowest BCUT2D eigenvalue weighted by atomic mass is 10.0. The molecule has 0 spiro atoms. The molecule has 0 bridgehead atoms. The van der Waals surface area contributed by atoms with Crippen LogP contribution in [-0.4, -0.2) is 35.9 Å². The standard InChI is InChI=1S/C36H74O2S/c1-4-6-8-10-12-14-16-18-20-22-24-26-28-30-32-35(37)36(34-39-3)38-33-31-29-27-25-23-21-19-17-15-13-11-9-7-5-2/h35-37H,4-34H2,1-3H3. The van der Waals surface area contributed by atoms with E-state index in [1.165, 1.54) is 167 Å². The van der Waals surface area contributed by atoms with Crippen molar-refractivity contribution in [3.05, 3.63) is 0 Å². The number of aliphatic hydroxyl groups excluding tert-OH is 1. The summed E-state index contributed by atoms with van der Waals surface area (Å²) in [5.74, 6) is 0.915. The van der Waals surface area contributed by atoms with E-state index in [1.54, 1.807) is 11.8 Å². The van der Waals surface area contributed by atoms with Gasteiger partial charge in [0.2, 0.25) is 0 Å². The molecule has 3 heteroatoms. The van der Waals surface area contributed by atoms with Gasteiger partial charge in [0, 0.05) is 12.4 Å². The van der Waals surface area contributed by atoms with Crippen molar-refractivity contribution in [1.29, 1.82) is 0 Å². The van der Waals surface area contributed by atoms with Crippen molar-refractivity contribution < 1.29 is 9.84 Å². The topological polar surface area (TPSA) is 29.5 Å². The highest BCUT2D eigenvalue weighted by Crippen LogP contribution is 2.17. The molecule has 0 aromatic carbocycles. The Kier molecular flexibility index (Phi) is 34.7. The summed E-state index contributed by atoms with van der Waals surface area (Å²) in [6.07, 6.45) is 41.5. The lowest BCUT2D eigenvalue weighted by molar-refractivity contribution is -0.0289. The minimum absolute atomic E-state index is 0.0175. The largest absolute Gasteiger partial charge is 0.390 e. The summed E-state index contributed by atoms with van der Waals surface area (Å²) in [4.78, 5) is 0. The van der Waals surface area contributed by atoms with E-state index < -0.39 is 0 Å². The van der Waals surface area contributed by atoms with Crippen LogP contribution < -0.4 is 0 Å². The predicted octanol–water partition coefficient (Wildman–Crippen LogP) is 12.4. The Hall–Kier alpha value is 0.270. The zero-order chi connectivity index (χ0) is 28.5. The molecule has 0 saturated heterocycles. The molecule has 1 N–H and O–H groups in total. The lowest BCUT2D eigenvalue weighted by Gasteiger charge is -2.23. The Balaban J connectivity index is 3.50. The van der Waals surface area contributed by atoms with Gasteiger partial charge in [-0.25, -0.2) is 0 Å². The van der Waals surface area contributed by atoms with Gasteiger partial charge in [0.05, 0.1) is 12.2 Å². The summed E-state index contributed by atoms with van der Waals surface area (Å²) < 4.78 is 6.15. The molecule has 0 aromatic rings. The van der Waals surface area contributed by atoms with Crippen molar-refractivity contribution in [3.63, 3.8) is 0 Å². The number of unbranched alkanes of at least 4 members (excludes halogenated alkanes) is 26. The third kappa shape index (κ3) is 31.0. The van der Waals surface area contributed by atoms with Crippen molar-refractivity contribution in [2.75, 3.05) is 18.6 Å². The van der Waals surface area contributed by atoms with Crippen LogP contribution >= 0.6 is 11.8 Å². The monoisotopic (exact) mass is 571 g/mol. The first kappa shape index (κ1) is 39.3. The van der Waals surface area contributed by atoms with Gasteiger partial charge in [-0.3, -0.25) is 0 Å². The van der Waals surface area contributed by atoms with Crippen LogP contribution in [0, 0.1) is 0 Å². The van der Waals surface area contributed by atoms with Gasteiger partial charge in [0.25, 0.3) is 0 Å². The van der Waals surface area contributed by atoms with E-state index in [0.29, 0.717) is 0 Å². The maximum atomic E-state index is 10.7. The molecule has 0 amide bonds. The van der Waals surface area contributed by atoms with Crippen LogP contribution in [0.1, 0.15) is 200 Å². The van der Waals surface area contributed by atoms with Gasteiger partial charge in [-0.1, -0.05) is 187 Å². The SMILES string of the molecule is CCCCCCCCCCCCCCCCOC(CSC)C(O)CCCCCCCCCCCCCCCC. The van der Waals surface area contributed by atoms with Crippen molar-refractivity contribution in [2.24, 2.45) is 0 Å². The molecule has 0 saturated carbocycles. The summed E-state index contributed by atoms with van der Waals surface area (Å²) in [7, 11) is 0. The summed E-state index contributed by atoms with van der Waals surface area (Å²) >= 11 is 1.80. The molecule has 0 aromatic heterocycles. The van der Waals surface area contributed by atoms with Crippen LogP contribution in [0.15, 0.2) is 0 Å². The average Bonchev–Trinajstić information content (AvgIpc) is 2.94. The smallest absolute Gasteiger partial charge is 0.0923 e. The van der Waals surface area contributed by atoms with E-state index in [-0.39, 0.29) is 12.2 Å². The van der Waals surface area contributed by atoms with Gasteiger partial charge in [-0.15, -0.1) is 0 Å². The van der Waals surface area contributed by atoms with E-state index in [0.717, 1.165) is 31.6 Å². The molecule has 0 heterocycles. The molecule has 0 aliphatic heterocycles. The summed E-state index contributed by atoms with van der Waals surface area (Å²) in [6.45, 7) is 5.41. The van der Waals surface area contributed by atoms with Gasteiger partial charge in [0.15, 0.2) is 0 Å². The fourth-order valence-corrected chi connectivity index (χ4v) is 6.35. The first-order valence-corrected chi connectivity index (χ1v) is 19.4. The maximum Gasteiger partial charge on any atom is 0.0923 e. The summed E-state index contributed by atoms with van der Waals surface area (Å²) in [6, 6.07) is 0. The molecule has 236 valence electrons. The number of thioether (sulfide) groups is 1. The number of aliphatic hydroxyl groups is 1. The lowest BCUT2D eigenvalue weighted by Crippen LogP contribution is -2.31. The molecule has 0 aliphatic carbocycles. The molecule has 2 atom stereocenters. The Labute approximate surface area is 252 Å². The van der Waals surface area contributed by atoms with Gasteiger partial charge in [-0.05, 0) is 19.1 Å². The average molecular weight is 571 g/mol. The Morgan fingerprint density at radius 2 is 0.769 bits per heavy atom. The first-order chi connectivity index (χ1) is 19.3. The van der Waals surface area contributed by atoms with Crippen molar-refractivity contribution in [3.8, 4) is 0 Å². The highest BCUT2D eigenvalue weighted by atomic mass is 32.2. The van der Waals surface area contributed by atoms with Crippen molar-refractivity contribution in [1.82, 2.24) is 0 Å². The third-order valence-electron chi connectivity index (χ3n) is 8.44. The predicted molar refractivity (Wildman–Crippen MR) is 179 cm³/mol. The molecule has 0 radical (unpaired) electrons. The van der Waals surface area contributed by atoms with Crippen LogP contribution in [0.5, 0.6) is 0 Å². The second-order valence-electron chi connectivity index (χ2n) is 12.4. The molecule has 0 aliphatic rings. The number of hydrogen-bond acceptors (Lipinski definition) is 3. The van der Waals surface area contributed by atoms with E-state index in [2.05, 4.69) is 20.1 Å². The minimum Gasteiger partial charge on any atom is -0.390 e. The fraction of sp³-hybridized carbons (Fsp3) is 1.00. The zero-order valence-corrected chi connectivity index (χ0v) is 28.2. The van der Waals surface area contributed by atoms with Gasteiger partial charge in [-0.2, -0.15) is 11.8 Å². The number of hydrogen-bond donors (Lipinski definition) is 1. The fourth-order valence-electron chi connectivity index (χ4n) is 5.70. The number of ether oxygens (including phenoxy) is 1. The first-order valence-electron chi connectivity index (χ1n) is 18.0. The minimum atomic E-state index is -0.290. The van der Waals surface area contributed by atoms with E-state index in [4.69, 9.17) is 4.74 Å². The highest BCUT2D eigenvalue weighted by Gasteiger charge is 2.18. The Morgan fingerprint density at radius 1 is 0.462 bits per heavy atom. The van der Waals surface area contributed by atoms with Gasteiger partial charge < -0.3 is 9.84 Å². The second kappa shape index (κ2) is 34.5. The molecule has 2 unspecified atom stereocenters. The summed E-state index contributed by atoms with van der Waals surface area (Å²) in [5, 5.41) is 10.7. The zero-order valence-electron chi connectivity index (χ0n) is 27.3. The highest BCUT2D eigenvalue weighted by molar-refractivity contribution is 7.98. The van der Waals surface area contributed by atoms with E-state index in [9.17, 15) is 5.11 Å². The van der Waals surface area contributed by atoms with Crippen LogP contribution in [0.4, 0.5) is 0 Å². The van der Waals surface area contributed by atoms with Crippen LogP contribution in [0.2, 0.25) is 0 Å². The van der Waals surface area contributed by atoms with Gasteiger partial charge in [0.1, 0.15) is 0 Å². The molecule has 0 rings (SSSR count). The molecular weight excluding hydrogens is 496 g/mol. The molecule has 0 fully saturated rings. The molecule has 39 heavy (non-hydrogen) atoms.